The van der Waals surface area contributed by atoms with Gasteiger partial charge in [0.15, 0.2) is 0 Å². The Morgan fingerprint density at radius 2 is 2.14 bits per heavy atom. The highest BCUT2D eigenvalue weighted by molar-refractivity contribution is 5.21. The summed E-state index contributed by atoms with van der Waals surface area (Å²) in [6.45, 7) is 3.03. The van der Waals surface area contributed by atoms with Gasteiger partial charge < -0.3 is 11.1 Å². The maximum absolute atomic E-state index is 5.86. The highest BCUT2D eigenvalue weighted by atomic mass is 14.9. The molecule has 0 saturated carbocycles. The molecule has 1 heterocycles. The fourth-order valence-electron chi connectivity index (χ4n) is 2.32. The number of hydrogen-bond acceptors (Lipinski definition) is 2. The molecule has 0 spiro atoms. The van der Waals surface area contributed by atoms with Crippen LogP contribution in [0.2, 0.25) is 0 Å². The second-order valence-corrected chi connectivity index (χ2v) is 4.01. The second kappa shape index (κ2) is 4.58. The van der Waals surface area contributed by atoms with Crippen LogP contribution in [0.4, 0.5) is 0 Å². The predicted octanol–water partition coefficient (Wildman–Crippen LogP) is 1.34. The van der Waals surface area contributed by atoms with Gasteiger partial charge in [-0.25, -0.2) is 0 Å². The molecule has 0 bridgehead atoms. The summed E-state index contributed by atoms with van der Waals surface area (Å²) in [5.74, 6) is 1.26. The zero-order chi connectivity index (χ0) is 9.80. The Hall–Kier alpha value is -0.860. The van der Waals surface area contributed by atoms with Crippen molar-refractivity contribution in [3.05, 3.63) is 35.9 Å². The third-order valence-corrected chi connectivity index (χ3v) is 3.15. The fourth-order valence-corrected chi connectivity index (χ4v) is 2.32. The summed E-state index contributed by atoms with van der Waals surface area (Å²) in [6, 6.07) is 10.6. The van der Waals surface area contributed by atoms with Crippen LogP contribution in [0.15, 0.2) is 30.3 Å². The molecule has 14 heavy (non-hydrogen) atoms. The van der Waals surface area contributed by atoms with E-state index in [0.29, 0.717) is 5.92 Å². The van der Waals surface area contributed by atoms with Gasteiger partial charge in [-0.1, -0.05) is 30.3 Å². The van der Waals surface area contributed by atoms with Crippen molar-refractivity contribution in [2.45, 2.75) is 12.3 Å². The van der Waals surface area contributed by atoms with Crippen LogP contribution in [-0.2, 0) is 0 Å². The Labute approximate surface area is 85.5 Å². The first-order chi connectivity index (χ1) is 6.92. The highest BCUT2D eigenvalue weighted by Gasteiger charge is 2.24. The molecule has 2 rings (SSSR count). The molecule has 2 heteroatoms. The summed E-state index contributed by atoms with van der Waals surface area (Å²) in [4.78, 5) is 0. The Balaban J connectivity index is 2.12. The summed E-state index contributed by atoms with van der Waals surface area (Å²) >= 11 is 0. The molecule has 1 aromatic rings. The van der Waals surface area contributed by atoms with Gasteiger partial charge in [0, 0.05) is 5.92 Å². The maximum Gasteiger partial charge on any atom is 0.000202 e. The SMILES string of the molecule is NCC(c1ccccc1)C1CCNC1. The van der Waals surface area contributed by atoms with Gasteiger partial charge in [0.25, 0.3) is 0 Å². The first-order valence-electron chi connectivity index (χ1n) is 5.37. The van der Waals surface area contributed by atoms with Gasteiger partial charge in [-0.15, -0.1) is 0 Å². The van der Waals surface area contributed by atoms with E-state index in [9.17, 15) is 0 Å². The summed E-state index contributed by atoms with van der Waals surface area (Å²) < 4.78 is 0. The number of rotatable bonds is 3. The molecule has 2 unspecified atom stereocenters. The Morgan fingerprint density at radius 1 is 1.36 bits per heavy atom. The normalized spacial score (nSPS) is 23.6. The molecule has 1 saturated heterocycles. The lowest BCUT2D eigenvalue weighted by molar-refractivity contribution is 0.464. The molecule has 1 fully saturated rings. The molecule has 0 aliphatic carbocycles. The largest absolute Gasteiger partial charge is 0.330 e. The summed E-state index contributed by atoms with van der Waals surface area (Å²) in [5.41, 5.74) is 7.25. The van der Waals surface area contributed by atoms with Gasteiger partial charge in [-0.3, -0.25) is 0 Å². The summed E-state index contributed by atoms with van der Waals surface area (Å²) in [7, 11) is 0. The highest BCUT2D eigenvalue weighted by Crippen LogP contribution is 2.27. The zero-order valence-electron chi connectivity index (χ0n) is 8.45. The molecule has 0 aromatic heterocycles. The molecular formula is C12H18N2. The van der Waals surface area contributed by atoms with Crippen molar-refractivity contribution in [2.24, 2.45) is 11.7 Å². The Bertz CT molecular complexity index is 265. The monoisotopic (exact) mass is 190 g/mol. The van der Waals surface area contributed by atoms with Gasteiger partial charge in [0.2, 0.25) is 0 Å². The smallest absolute Gasteiger partial charge is 0.000202 e. The quantitative estimate of drug-likeness (QED) is 0.755. The summed E-state index contributed by atoms with van der Waals surface area (Å²) in [6.07, 6.45) is 1.26. The maximum atomic E-state index is 5.86. The Kier molecular flexibility index (Phi) is 3.17. The van der Waals surface area contributed by atoms with Gasteiger partial charge >= 0.3 is 0 Å². The Morgan fingerprint density at radius 3 is 2.71 bits per heavy atom. The zero-order valence-corrected chi connectivity index (χ0v) is 8.45. The van der Waals surface area contributed by atoms with Gasteiger partial charge in [-0.05, 0) is 37.5 Å². The van der Waals surface area contributed by atoms with E-state index in [2.05, 4.69) is 35.6 Å². The molecular weight excluding hydrogens is 172 g/mol. The topological polar surface area (TPSA) is 38.0 Å². The minimum atomic E-state index is 0.534. The molecule has 0 amide bonds. The van der Waals surface area contributed by atoms with Crippen LogP contribution in [0.5, 0.6) is 0 Å². The predicted molar refractivity (Wildman–Crippen MR) is 59.2 cm³/mol. The molecule has 1 aliphatic heterocycles. The number of nitrogens with two attached hydrogens (primary N) is 1. The minimum absolute atomic E-state index is 0.534. The molecule has 2 nitrogen and oxygen atoms in total. The third-order valence-electron chi connectivity index (χ3n) is 3.15. The molecule has 1 aliphatic rings. The molecule has 2 atom stereocenters. The van der Waals surface area contributed by atoms with Crippen LogP contribution in [0.1, 0.15) is 17.9 Å². The molecule has 1 aromatic carbocycles. The third kappa shape index (κ3) is 1.97. The van der Waals surface area contributed by atoms with Crippen molar-refractivity contribution in [1.29, 1.82) is 0 Å². The lowest BCUT2D eigenvalue weighted by Gasteiger charge is -2.21. The number of nitrogens with one attached hydrogen (secondary N) is 1. The molecule has 0 radical (unpaired) electrons. The van der Waals surface area contributed by atoms with E-state index in [4.69, 9.17) is 5.73 Å². The lowest BCUT2D eigenvalue weighted by Crippen LogP contribution is -2.23. The van der Waals surface area contributed by atoms with Crippen LogP contribution in [0.3, 0.4) is 0 Å². The lowest BCUT2D eigenvalue weighted by atomic mass is 9.85. The second-order valence-electron chi connectivity index (χ2n) is 4.01. The number of hydrogen-bond donors (Lipinski definition) is 2. The van der Waals surface area contributed by atoms with Crippen LogP contribution < -0.4 is 11.1 Å². The van der Waals surface area contributed by atoms with E-state index in [1.165, 1.54) is 12.0 Å². The van der Waals surface area contributed by atoms with Crippen molar-refractivity contribution in [2.75, 3.05) is 19.6 Å². The van der Waals surface area contributed by atoms with E-state index in [-0.39, 0.29) is 0 Å². The van der Waals surface area contributed by atoms with Crippen LogP contribution in [0.25, 0.3) is 0 Å². The van der Waals surface area contributed by atoms with Gasteiger partial charge in [0.1, 0.15) is 0 Å². The number of benzene rings is 1. The van der Waals surface area contributed by atoms with Crippen molar-refractivity contribution in [1.82, 2.24) is 5.32 Å². The van der Waals surface area contributed by atoms with Crippen LogP contribution in [-0.4, -0.2) is 19.6 Å². The van der Waals surface area contributed by atoms with E-state index < -0.39 is 0 Å². The van der Waals surface area contributed by atoms with Crippen molar-refractivity contribution in [3.63, 3.8) is 0 Å². The van der Waals surface area contributed by atoms with Gasteiger partial charge in [0.05, 0.1) is 0 Å². The molecule has 3 N–H and O–H groups in total. The standard InChI is InChI=1S/C12H18N2/c13-8-12(11-6-7-14-9-11)10-4-2-1-3-5-10/h1-5,11-12,14H,6-9,13H2. The fraction of sp³-hybridized carbons (Fsp3) is 0.500. The first kappa shape index (κ1) is 9.69. The van der Waals surface area contributed by atoms with Crippen molar-refractivity contribution >= 4 is 0 Å². The van der Waals surface area contributed by atoms with Crippen molar-refractivity contribution in [3.8, 4) is 0 Å². The van der Waals surface area contributed by atoms with Crippen LogP contribution >= 0.6 is 0 Å². The average molecular weight is 190 g/mol. The van der Waals surface area contributed by atoms with Crippen molar-refractivity contribution < 1.29 is 0 Å². The first-order valence-corrected chi connectivity index (χ1v) is 5.37. The minimum Gasteiger partial charge on any atom is -0.330 e. The van der Waals surface area contributed by atoms with E-state index in [1.807, 2.05) is 0 Å². The average Bonchev–Trinajstić information content (AvgIpc) is 2.74. The van der Waals surface area contributed by atoms with E-state index in [1.54, 1.807) is 0 Å². The molecule has 76 valence electrons. The van der Waals surface area contributed by atoms with Crippen LogP contribution in [0, 0.1) is 5.92 Å². The van der Waals surface area contributed by atoms with E-state index >= 15 is 0 Å². The summed E-state index contributed by atoms with van der Waals surface area (Å²) in [5, 5.41) is 3.40. The van der Waals surface area contributed by atoms with Gasteiger partial charge in [-0.2, -0.15) is 0 Å². The van der Waals surface area contributed by atoms with E-state index in [0.717, 1.165) is 25.6 Å².